The molecule has 2 aromatic carbocycles. The highest BCUT2D eigenvalue weighted by atomic mass is 35.5. The van der Waals surface area contributed by atoms with Crippen LogP contribution in [0.4, 0.5) is 0 Å². The molecule has 0 radical (unpaired) electrons. The molecule has 0 amide bonds. The fraction of sp³-hybridized carbons (Fsp3) is 0.292. The Morgan fingerprint density at radius 2 is 1.76 bits per heavy atom. The van der Waals surface area contributed by atoms with Gasteiger partial charge in [-0.1, -0.05) is 54.1 Å². The lowest BCUT2D eigenvalue weighted by molar-refractivity contribution is -0.122. The van der Waals surface area contributed by atoms with E-state index in [1.807, 2.05) is 54.6 Å². The average Bonchev–Trinajstić information content (AvgIpc) is 3.44. The fourth-order valence-electron chi connectivity index (χ4n) is 3.81. The number of carbonyl (C=O) groups is 1. The number of nitrogens with zero attached hydrogens (tertiary/aromatic N) is 1. The number of aliphatic hydroxyl groups excluding tert-OH is 1. The molecule has 4 rings (SSSR count). The van der Waals surface area contributed by atoms with E-state index in [-0.39, 0.29) is 29.4 Å². The summed E-state index contributed by atoms with van der Waals surface area (Å²) in [6.45, 7) is 0.354. The zero-order valence-electron chi connectivity index (χ0n) is 17.8. The number of carbonyl (C=O) groups excluding carboxylic acids is 1. The molecule has 1 unspecified atom stereocenters. The number of sulfonamides is 1. The van der Waals surface area contributed by atoms with Crippen LogP contribution in [0, 0.1) is 0 Å². The average molecular weight is 506 g/mol. The molecular formula is C24H24ClNO5S2. The third kappa shape index (κ3) is 5.83. The Morgan fingerprint density at radius 1 is 1.06 bits per heavy atom. The third-order valence-corrected chi connectivity index (χ3v) is 9.12. The van der Waals surface area contributed by atoms with Crippen LogP contribution >= 0.6 is 22.9 Å². The van der Waals surface area contributed by atoms with Crippen molar-refractivity contribution in [2.75, 3.05) is 6.54 Å². The summed E-state index contributed by atoms with van der Waals surface area (Å²) in [6.07, 6.45) is -0.0844. The minimum Gasteiger partial charge on any atom is -0.489 e. The molecule has 9 heteroatoms. The summed E-state index contributed by atoms with van der Waals surface area (Å²) < 4.78 is 33.3. The molecule has 2 heterocycles. The molecular weight excluding hydrogens is 482 g/mol. The summed E-state index contributed by atoms with van der Waals surface area (Å²) in [6, 6.07) is 19.4. The number of β-amino-alcohol motifs (C(OH)–C–C–N with tert-alkyl or cyclic N) is 1. The predicted octanol–water partition coefficient (Wildman–Crippen LogP) is 4.31. The number of hydrogen-bond donors (Lipinski definition) is 1. The van der Waals surface area contributed by atoms with E-state index in [0.29, 0.717) is 17.4 Å². The lowest BCUT2D eigenvalue weighted by atomic mass is 10.0. The number of benzene rings is 2. The number of hydrogen-bond acceptors (Lipinski definition) is 6. The predicted molar refractivity (Wildman–Crippen MR) is 128 cm³/mol. The Kier molecular flexibility index (Phi) is 7.51. The topological polar surface area (TPSA) is 83.9 Å². The van der Waals surface area contributed by atoms with Crippen molar-refractivity contribution in [3.8, 4) is 5.75 Å². The van der Waals surface area contributed by atoms with E-state index >= 15 is 0 Å². The highest BCUT2D eigenvalue weighted by molar-refractivity contribution is 7.91. The largest absolute Gasteiger partial charge is 0.489 e. The second-order valence-corrected chi connectivity index (χ2v) is 11.8. The van der Waals surface area contributed by atoms with Gasteiger partial charge in [0.25, 0.3) is 10.0 Å². The molecule has 1 fully saturated rings. The van der Waals surface area contributed by atoms with Gasteiger partial charge in [-0.25, -0.2) is 8.42 Å². The van der Waals surface area contributed by atoms with Crippen LogP contribution in [0.2, 0.25) is 4.34 Å². The first-order chi connectivity index (χ1) is 15.8. The highest BCUT2D eigenvalue weighted by Gasteiger charge is 2.43. The van der Waals surface area contributed by atoms with E-state index in [1.54, 1.807) is 0 Å². The minimum atomic E-state index is -3.89. The molecule has 3 aromatic rings. The number of aliphatic hydroxyl groups is 1. The van der Waals surface area contributed by atoms with Crippen LogP contribution in [0.25, 0.3) is 0 Å². The smallest absolute Gasteiger partial charge is 0.253 e. The van der Waals surface area contributed by atoms with E-state index in [0.717, 1.165) is 32.5 Å². The first kappa shape index (κ1) is 23.9. The van der Waals surface area contributed by atoms with Crippen molar-refractivity contribution >= 4 is 38.7 Å². The molecule has 1 aliphatic rings. The van der Waals surface area contributed by atoms with Gasteiger partial charge in [0, 0.05) is 13.0 Å². The van der Waals surface area contributed by atoms with Gasteiger partial charge in [0.15, 0.2) is 5.78 Å². The zero-order chi connectivity index (χ0) is 23.4. The normalized spacial score (nSPS) is 19.0. The SMILES string of the molecule is O=C(CCc1ccc(COc2ccccc2)cc1)[C@@H]1CC(O)CN1S(=O)(=O)c1ccc(Cl)s1. The van der Waals surface area contributed by atoms with Gasteiger partial charge in [0.05, 0.1) is 16.5 Å². The Morgan fingerprint density at radius 3 is 2.42 bits per heavy atom. The van der Waals surface area contributed by atoms with Gasteiger partial charge in [-0.3, -0.25) is 4.79 Å². The van der Waals surface area contributed by atoms with Crippen LogP contribution in [0.3, 0.4) is 0 Å². The van der Waals surface area contributed by atoms with Crippen molar-refractivity contribution in [1.82, 2.24) is 4.31 Å². The summed E-state index contributed by atoms with van der Waals surface area (Å²) >= 11 is 6.83. The van der Waals surface area contributed by atoms with Gasteiger partial charge < -0.3 is 9.84 Å². The van der Waals surface area contributed by atoms with Crippen molar-refractivity contribution < 1.29 is 23.1 Å². The summed E-state index contributed by atoms with van der Waals surface area (Å²) in [4.78, 5) is 12.9. The number of ether oxygens (including phenoxy) is 1. The summed E-state index contributed by atoms with van der Waals surface area (Å²) in [7, 11) is -3.89. The number of thiophene rings is 1. The first-order valence-electron chi connectivity index (χ1n) is 10.6. The molecule has 6 nitrogen and oxygen atoms in total. The molecule has 1 aromatic heterocycles. The van der Waals surface area contributed by atoms with E-state index < -0.39 is 22.2 Å². The van der Waals surface area contributed by atoms with E-state index in [2.05, 4.69) is 0 Å². The van der Waals surface area contributed by atoms with Crippen LogP contribution in [-0.4, -0.2) is 42.3 Å². The number of para-hydroxylation sites is 1. The molecule has 33 heavy (non-hydrogen) atoms. The van der Waals surface area contributed by atoms with Gasteiger partial charge in [-0.2, -0.15) is 4.31 Å². The Balaban J connectivity index is 1.35. The number of halogens is 1. The maximum absolute atomic E-state index is 13.0. The van der Waals surface area contributed by atoms with Gasteiger partial charge in [-0.15, -0.1) is 11.3 Å². The highest BCUT2D eigenvalue weighted by Crippen LogP contribution is 2.33. The molecule has 2 atom stereocenters. The molecule has 0 spiro atoms. The van der Waals surface area contributed by atoms with Gasteiger partial charge in [-0.05, 0) is 48.2 Å². The maximum Gasteiger partial charge on any atom is 0.253 e. The summed E-state index contributed by atoms with van der Waals surface area (Å²) in [5.41, 5.74) is 1.99. The minimum absolute atomic E-state index is 0.0766. The standard InChI is InChI=1S/C24H24ClNO5S2/c25-23-12-13-24(32-23)33(29,30)26-15-19(27)14-21(26)22(28)11-10-17-6-8-18(9-7-17)16-31-20-4-2-1-3-5-20/h1-9,12-13,19,21,27H,10-11,14-16H2/t19?,21-/m0/s1. The molecule has 0 aliphatic carbocycles. The molecule has 174 valence electrons. The molecule has 1 aliphatic heterocycles. The van der Waals surface area contributed by atoms with Crippen molar-refractivity contribution in [2.24, 2.45) is 0 Å². The Bertz CT molecular complexity index is 1200. The molecule has 1 N–H and O–H groups in total. The van der Waals surface area contributed by atoms with Crippen LogP contribution in [0.5, 0.6) is 5.75 Å². The van der Waals surface area contributed by atoms with Gasteiger partial charge in [0.1, 0.15) is 16.6 Å². The van der Waals surface area contributed by atoms with Crippen molar-refractivity contribution in [3.05, 3.63) is 82.2 Å². The van der Waals surface area contributed by atoms with Gasteiger partial charge >= 0.3 is 0 Å². The Hall–Kier alpha value is -2.23. The number of aryl methyl sites for hydroxylation is 1. The van der Waals surface area contributed by atoms with Crippen molar-refractivity contribution in [1.29, 1.82) is 0 Å². The number of Topliss-reactive ketones (excluding diaryl/α,β-unsaturated/α-hetero) is 1. The monoisotopic (exact) mass is 505 g/mol. The Labute approximate surface area is 202 Å². The fourth-order valence-corrected chi connectivity index (χ4v) is 7.08. The van der Waals surface area contributed by atoms with E-state index in [4.69, 9.17) is 16.3 Å². The van der Waals surface area contributed by atoms with E-state index in [9.17, 15) is 18.3 Å². The van der Waals surface area contributed by atoms with Crippen molar-refractivity contribution in [3.63, 3.8) is 0 Å². The lowest BCUT2D eigenvalue weighted by Crippen LogP contribution is -2.40. The van der Waals surface area contributed by atoms with Crippen LogP contribution < -0.4 is 4.74 Å². The van der Waals surface area contributed by atoms with Crippen LogP contribution in [0.1, 0.15) is 24.0 Å². The second-order valence-electron chi connectivity index (χ2n) is 7.92. The second kappa shape index (κ2) is 10.4. The number of ketones is 1. The summed E-state index contributed by atoms with van der Waals surface area (Å²) in [5.74, 6) is 0.601. The molecule has 1 saturated heterocycles. The van der Waals surface area contributed by atoms with Crippen molar-refractivity contribution in [2.45, 2.75) is 42.2 Å². The lowest BCUT2D eigenvalue weighted by Gasteiger charge is -2.22. The molecule has 0 saturated carbocycles. The third-order valence-electron chi connectivity index (χ3n) is 5.55. The van der Waals surface area contributed by atoms with Crippen LogP contribution in [0.15, 0.2) is 70.9 Å². The van der Waals surface area contributed by atoms with Gasteiger partial charge in [0.2, 0.25) is 0 Å². The summed E-state index contributed by atoms with van der Waals surface area (Å²) in [5, 5.41) is 10.1. The van der Waals surface area contributed by atoms with Crippen LogP contribution in [-0.2, 0) is 27.8 Å². The maximum atomic E-state index is 13.0. The number of rotatable bonds is 9. The van der Waals surface area contributed by atoms with E-state index in [1.165, 1.54) is 12.1 Å². The molecule has 0 bridgehead atoms. The first-order valence-corrected chi connectivity index (χ1v) is 13.2. The zero-order valence-corrected chi connectivity index (χ0v) is 20.2. The quantitative estimate of drug-likeness (QED) is 0.468.